The summed E-state index contributed by atoms with van der Waals surface area (Å²) in [6.45, 7) is 2.67. The lowest BCUT2D eigenvalue weighted by Gasteiger charge is -2.07. The summed E-state index contributed by atoms with van der Waals surface area (Å²) in [5.41, 5.74) is 3.21. The molecule has 1 aromatic heterocycles. The largest absolute Gasteiger partial charge is 0.494 e. The van der Waals surface area contributed by atoms with Crippen LogP contribution in [0.1, 0.15) is 59.6 Å². The summed E-state index contributed by atoms with van der Waals surface area (Å²) in [6.07, 6.45) is 5.28. The van der Waals surface area contributed by atoms with Gasteiger partial charge in [0.2, 0.25) is 0 Å². The zero-order valence-corrected chi connectivity index (χ0v) is 13.3. The molecule has 2 saturated carbocycles. The minimum absolute atomic E-state index is 0.0617. The van der Waals surface area contributed by atoms with E-state index in [1.54, 1.807) is 0 Å². The van der Waals surface area contributed by atoms with Gasteiger partial charge in [-0.2, -0.15) is 0 Å². The number of carbonyl (C=O) groups excluding carboxylic acids is 1. The van der Waals surface area contributed by atoms with E-state index in [-0.39, 0.29) is 11.9 Å². The molecule has 4 rings (SSSR count). The molecule has 0 saturated heterocycles. The van der Waals surface area contributed by atoms with Crippen molar-refractivity contribution in [2.45, 2.75) is 44.1 Å². The first-order valence-corrected chi connectivity index (χ1v) is 8.47. The molecule has 4 nitrogen and oxygen atoms in total. The third-order valence-electron chi connectivity index (χ3n) is 4.74. The van der Waals surface area contributed by atoms with Gasteiger partial charge < -0.3 is 15.0 Å². The maximum absolute atomic E-state index is 12.5. The first-order valence-electron chi connectivity index (χ1n) is 8.47. The molecule has 2 aliphatic carbocycles. The van der Waals surface area contributed by atoms with Crippen molar-refractivity contribution in [3.05, 3.63) is 53.3 Å². The van der Waals surface area contributed by atoms with E-state index in [4.69, 9.17) is 4.74 Å². The summed E-state index contributed by atoms with van der Waals surface area (Å²) in [4.78, 5) is 15.7. The molecule has 1 aromatic carbocycles. The normalized spacial score (nSPS) is 22.7. The summed E-state index contributed by atoms with van der Waals surface area (Å²) >= 11 is 0. The van der Waals surface area contributed by atoms with Gasteiger partial charge in [-0.15, -0.1) is 0 Å². The van der Waals surface area contributed by atoms with Gasteiger partial charge in [0, 0.05) is 23.9 Å². The number of aromatic nitrogens is 1. The zero-order chi connectivity index (χ0) is 15.8. The highest BCUT2D eigenvalue weighted by molar-refractivity contribution is 5.96. The van der Waals surface area contributed by atoms with E-state index in [1.165, 1.54) is 18.4 Å². The summed E-state index contributed by atoms with van der Waals surface area (Å²) in [6, 6.07) is 10.4. The van der Waals surface area contributed by atoms with Crippen molar-refractivity contribution in [2.75, 3.05) is 6.61 Å². The topological polar surface area (TPSA) is 54.1 Å². The Labute approximate surface area is 136 Å². The molecule has 0 radical (unpaired) electrons. The molecule has 2 atom stereocenters. The van der Waals surface area contributed by atoms with Crippen molar-refractivity contribution in [1.82, 2.24) is 10.3 Å². The summed E-state index contributed by atoms with van der Waals surface area (Å²) in [5, 5.41) is 3.18. The van der Waals surface area contributed by atoms with Gasteiger partial charge in [0.05, 0.1) is 12.2 Å². The smallest absolute Gasteiger partial charge is 0.253 e. The molecule has 1 amide bonds. The van der Waals surface area contributed by atoms with Crippen LogP contribution in [-0.4, -0.2) is 23.5 Å². The molecule has 0 spiro atoms. The van der Waals surface area contributed by atoms with E-state index in [1.807, 2.05) is 31.3 Å². The standard InChI is InChI=1S/C19H22N2O2/c1-2-23-14-7-5-12(6-8-14)16-11-17(16)21-19(22)15-9-10-20-18(15)13-3-4-13/h5-10,13,16-17,20H,2-4,11H2,1H3,(H,21,22)/t16-,17+/m0/s1. The third-order valence-corrected chi connectivity index (χ3v) is 4.74. The summed E-state index contributed by atoms with van der Waals surface area (Å²) in [5.74, 6) is 1.95. The highest BCUT2D eigenvalue weighted by Crippen LogP contribution is 2.43. The monoisotopic (exact) mass is 310 g/mol. The molecule has 2 aromatic rings. The Morgan fingerprint density at radius 2 is 2.04 bits per heavy atom. The number of hydrogen-bond donors (Lipinski definition) is 2. The van der Waals surface area contributed by atoms with Gasteiger partial charge in [-0.3, -0.25) is 4.79 Å². The van der Waals surface area contributed by atoms with Gasteiger partial charge in [0.25, 0.3) is 5.91 Å². The van der Waals surface area contributed by atoms with Crippen LogP contribution in [0.3, 0.4) is 0 Å². The van der Waals surface area contributed by atoms with Crippen molar-refractivity contribution >= 4 is 5.91 Å². The molecule has 4 heteroatoms. The number of nitrogens with one attached hydrogen (secondary N) is 2. The molecular weight excluding hydrogens is 288 g/mol. The minimum atomic E-state index is 0.0617. The van der Waals surface area contributed by atoms with E-state index in [9.17, 15) is 4.79 Å². The second kappa shape index (κ2) is 5.76. The van der Waals surface area contributed by atoms with Crippen molar-refractivity contribution < 1.29 is 9.53 Å². The quantitative estimate of drug-likeness (QED) is 0.857. The van der Waals surface area contributed by atoms with E-state index < -0.39 is 0 Å². The number of H-pyrrole nitrogens is 1. The lowest BCUT2D eigenvalue weighted by Crippen LogP contribution is -2.27. The van der Waals surface area contributed by atoms with Gasteiger partial charge in [-0.25, -0.2) is 0 Å². The average molecular weight is 310 g/mol. The molecule has 0 aliphatic heterocycles. The Morgan fingerprint density at radius 1 is 1.26 bits per heavy atom. The Bertz CT molecular complexity index is 700. The molecule has 0 unspecified atom stereocenters. The Kier molecular flexibility index (Phi) is 3.60. The zero-order valence-electron chi connectivity index (χ0n) is 13.3. The number of hydrogen-bond acceptors (Lipinski definition) is 2. The molecule has 0 bridgehead atoms. The number of benzene rings is 1. The maximum Gasteiger partial charge on any atom is 0.253 e. The van der Waals surface area contributed by atoms with Crippen LogP contribution in [0.2, 0.25) is 0 Å². The molecule has 2 fully saturated rings. The number of amides is 1. The van der Waals surface area contributed by atoms with E-state index in [0.717, 1.165) is 23.4 Å². The molecule has 120 valence electrons. The van der Waals surface area contributed by atoms with Crippen LogP contribution in [0, 0.1) is 0 Å². The summed E-state index contributed by atoms with van der Waals surface area (Å²) in [7, 11) is 0. The van der Waals surface area contributed by atoms with Crippen molar-refractivity contribution in [2.24, 2.45) is 0 Å². The van der Waals surface area contributed by atoms with Crippen LogP contribution in [0.5, 0.6) is 5.75 Å². The fraction of sp³-hybridized carbons (Fsp3) is 0.421. The summed E-state index contributed by atoms with van der Waals surface area (Å²) < 4.78 is 5.47. The van der Waals surface area contributed by atoms with Gasteiger partial charge in [-0.1, -0.05) is 12.1 Å². The van der Waals surface area contributed by atoms with Crippen LogP contribution in [0.25, 0.3) is 0 Å². The lowest BCUT2D eigenvalue weighted by molar-refractivity contribution is 0.0949. The van der Waals surface area contributed by atoms with Crippen molar-refractivity contribution in [3.63, 3.8) is 0 Å². The van der Waals surface area contributed by atoms with Crippen LogP contribution >= 0.6 is 0 Å². The van der Waals surface area contributed by atoms with E-state index in [0.29, 0.717) is 18.4 Å². The van der Waals surface area contributed by atoms with Crippen LogP contribution in [-0.2, 0) is 0 Å². The van der Waals surface area contributed by atoms with Crippen LogP contribution in [0.15, 0.2) is 36.5 Å². The minimum Gasteiger partial charge on any atom is -0.494 e. The second-order valence-electron chi connectivity index (χ2n) is 6.50. The van der Waals surface area contributed by atoms with Gasteiger partial charge in [-0.05, 0) is 55.9 Å². The van der Waals surface area contributed by atoms with Gasteiger partial charge >= 0.3 is 0 Å². The first kappa shape index (κ1) is 14.4. The molecule has 2 aliphatic rings. The molecule has 2 N–H and O–H groups in total. The number of ether oxygens (including phenoxy) is 1. The number of rotatable bonds is 6. The predicted molar refractivity (Wildman–Crippen MR) is 89.0 cm³/mol. The fourth-order valence-electron chi connectivity index (χ4n) is 3.24. The SMILES string of the molecule is CCOc1ccc([C@@H]2C[C@H]2NC(=O)c2cc[nH]c2C2CC2)cc1. The van der Waals surface area contributed by atoms with E-state index in [2.05, 4.69) is 22.4 Å². The third kappa shape index (κ3) is 2.98. The van der Waals surface area contributed by atoms with E-state index >= 15 is 0 Å². The molecule has 23 heavy (non-hydrogen) atoms. The Morgan fingerprint density at radius 3 is 2.74 bits per heavy atom. The fourth-order valence-corrected chi connectivity index (χ4v) is 3.24. The Hall–Kier alpha value is -2.23. The van der Waals surface area contributed by atoms with Gasteiger partial charge in [0.15, 0.2) is 0 Å². The second-order valence-corrected chi connectivity index (χ2v) is 6.50. The number of aromatic amines is 1. The van der Waals surface area contributed by atoms with Crippen LogP contribution in [0.4, 0.5) is 0 Å². The lowest BCUT2D eigenvalue weighted by atomic mass is 10.1. The van der Waals surface area contributed by atoms with Crippen molar-refractivity contribution in [1.29, 1.82) is 0 Å². The molecule has 1 heterocycles. The Balaban J connectivity index is 1.37. The average Bonchev–Trinajstić information content (AvgIpc) is 3.48. The predicted octanol–water partition coefficient (Wildman–Crippen LogP) is 3.58. The molecular formula is C19H22N2O2. The number of carbonyl (C=O) groups is 1. The van der Waals surface area contributed by atoms with Crippen molar-refractivity contribution in [3.8, 4) is 5.75 Å². The highest BCUT2D eigenvalue weighted by atomic mass is 16.5. The van der Waals surface area contributed by atoms with Gasteiger partial charge in [0.1, 0.15) is 5.75 Å². The maximum atomic E-state index is 12.5. The first-order chi connectivity index (χ1) is 11.3. The highest BCUT2D eigenvalue weighted by Gasteiger charge is 2.40. The van der Waals surface area contributed by atoms with Crippen LogP contribution < -0.4 is 10.1 Å².